The molecule has 0 amide bonds. The van der Waals surface area contributed by atoms with Gasteiger partial charge in [0.2, 0.25) is 0 Å². The molecule has 13 nitrogen and oxygen atoms in total. The van der Waals surface area contributed by atoms with Crippen molar-refractivity contribution < 1.29 is 62.7 Å². The van der Waals surface area contributed by atoms with Gasteiger partial charge in [-0.1, -0.05) is 37.3 Å². The summed E-state index contributed by atoms with van der Waals surface area (Å²) in [5, 5.41) is 33.6. The highest BCUT2D eigenvalue weighted by molar-refractivity contribution is 5.78. The van der Waals surface area contributed by atoms with E-state index in [1.165, 1.54) is 0 Å². The smallest absolute Gasteiger partial charge is 0.316 e. The van der Waals surface area contributed by atoms with Gasteiger partial charge < -0.3 is 58.0 Å². The summed E-state index contributed by atoms with van der Waals surface area (Å²) < 4.78 is 55.6. The van der Waals surface area contributed by atoms with Gasteiger partial charge in [0, 0.05) is 45.8 Å². The molecule has 0 aromatic heterocycles. The first-order valence-electron chi connectivity index (χ1n) is 19.1. The third-order valence-electron chi connectivity index (χ3n) is 12.0. The number of methoxy groups -OCH3 is 2. The quantitative estimate of drug-likeness (QED) is 0.268. The van der Waals surface area contributed by atoms with Gasteiger partial charge in [-0.2, -0.15) is 0 Å². The summed E-state index contributed by atoms with van der Waals surface area (Å²) in [5.41, 5.74) is 0.271. The first-order chi connectivity index (χ1) is 25.2. The molecule has 0 aromatic rings. The normalized spacial score (nSPS) is 46.8. The summed E-state index contributed by atoms with van der Waals surface area (Å²) in [6.45, 7) is 12.0. The average Bonchev–Trinajstić information content (AvgIpc) is 3.46. The molecule has 3 unspecified atom stereocenters. The fourth-order valence-corrected chi connectivity index (χ4v) is 8.88. The van der Waals surface area contributed by atoms with E-state index >= 15 is 0 Å². The molecular weight excluding hydrogens is 688 g/mol. The van der Waals surface area contributed by atoms with Crippen LogP contribution in [0.15, 0.2) is 47.1 Å². The number of aliphatic hydroxyl groups excluding tert-OH is 2. The zero-order valence-electron chi connectivity index (χ0n) is 32.3. The van der Waals surface area contributed by atoms with E-state index < -0.39 is 78.4 Å². The average molecular weight is 749 g/mol. The van der Waals surface area contributed by atoms with Gasteiger partial charge in [-0.3, -0.25) is 4.79 Å². The van der Waals surface area contributed by atoms with Crippen molar-refractivity contribution in [3.63, 3.8) is 0 Å². The number of aliphatic hydroxyl groups is 3. The highest BCUT2D eigenvalue weighted by Crippen LogP contribution is 2.46. The number of allylic oxidation sites excluding steroid dienone is 2. The first kappa shape index (κ1) is 40.6. The molecule has 16 atom stereocenters. The van der Waals surface area contributed by atoms with Gasteiger partial charge in [0.1, 0.15) is 42.0 Å². The van der Waals surface area contributed by atoms with Gasteiger partial charge in [0.15, 0.2) is 12.1 Å². The van der Waals surface area contributed by atoms with Crippen LogP contribution in [0.1, 0.15) is 73.6 Å². The molecule has 4 fully saturated rings. The van der Waals surface area contributed by atoms with E-state index in [1.54, 1.807) is 40.2 Å². The van der Waals surface area contributed by atoms with Crippen LogP contribution in [0.2, 0.25) is 0 Å². The summed E-state index contributed by atoms with van der Waals surface area (Å²) >= 11 is 0. The zero-order valence-corrected chi connectivity index (χ0v) is 32.3. The third kappa shape index (κ3) is 8.41. The van der Waals surface area contributed by atoms with Gasteiger partial charge in [0.05, 0.1) is 49.8 Å². The molecule has 0 saturated carbocycles. The lowest BCUT2D eigenvalue weighted by atomic mass is 9.71. The zero-order chi connectivity index (χ0) is 38.2. The standard InChI is InChI=1S/C40H60O13/c1-21-10-9-11-26-20-48-37-33(41)23(3)16-29(40(26,37)44)38(43)50-28-14-15-47-27(17-28)13-12-22(2)35(21)53-39(6)19-31(46-8)36(25(5)52-39)51-32-18-30(45-7)34(42)24(4)49-32/h9-12,16,21,24-25,27-37,41-42,44H,13-15,17-20H2,1-8H3/t21-,24-,25-,27+,28+,29-,30-,31-,32?,33+,34-,35?,36-,37+,39-,40?/m0/s1. The summed E-state index contributed by atoms with van der Waals surface area (Å²) in [6.07, 6.45) is 5.23. The van der Waals surface area contributed by atoms with E-state index in [1.807, 2.05) is 32.9 Å². The second kappa shape index (κ2) is 16.6. The Kier molecular flexibility index (Phi) is 12.7. The van der Waals surface area contributed by atoms with Crippen molar-refractivity contribution in [3.05, 3.63) is 47.1 Å². The van der Waals surface area contributed by atoms with Crippen molar-refractivity contribution in [1.82, 2.24) is 0 Å². The SMILES string of the molecule is CO[C@H]1CC(O[C@H]2[C@H](C)O[C@@](C)(OC3C(C)=CC[C@@H]4C[C@@H](CCO4)OC(=O)[C@@H]4C=C(C)[C@@H](O)[C@H]5OCC(=CC=C[C@@H]3C)C54O)C[C@@H]2OC)O[C@@H](C)[C@@H]1O. The van der Waals surface area contributed by atoms with Crippen LogP contribution < -0.4 is 0 Å². The lowest BCUT2D eigenvalue weighted by Crippen LogP contribution is -2.58. The van der Waals surface area contributed by atoms with E-state index in [4.69, 9.17) is 42.6 Å². The molecule has 4 saturated heterocycles. The number of esters is 1. The molecule has 53 heavy (non-hydrogen) atoms. The van der Waals surface area contributed by atoms with Gasteiger partial charge in [-0.15, -0.1) is 0 Å². The highest BCUT2D eigenvalue weighted by atomic mass is 16.7. The van der Waals surface area contributed by atoms with Crippen molar-refractivity contribution in [3.8, 4) is 0 Å². The van der Waals surface area contributed by atoms with E-state index in [0.717, 1.165) is 5.57 Å². The molecule has 5 heterocycles. The second-order valence-corrected chi connectivity index (χ2v) is 15.9. The van der Waals surface area contributed by atoms with Crippen LogP contribution in [-0.4, -0.2) is 134 Å². The van der Waals surface area contributed by atoms with Crippen molar-refractivity contribution in [2.45, 2.75) is 158 Å². The Morgan fingerprint density at radius 3 is 2.45 bits per heavy atom. The monoisotopic (exact) mass is 748 g/mol. The van der Waals surface area contributed by atoms with Gasteiger partial charge in [-0.25, -0.2) is 0 Å². The maximum atomic E-state index is 13.7. The molecule has 0 spiro atoms. The van der Waals surface area contributed by atoms with E-state index in [0.29, 0.717) is 49.9 Å². The lowest BCUT2D eigenvalue weighted by Gasteiger charge is -2.48. The molecular formula is C40H60O13. The van der Waals surface area contributed by atoms with Crippen molar-refractivity contribution in [2.24, 2.45) is 11.8 Å². The number of hydrogen-bond donors (Lipinski definition) is 3. The largest absolute Gasteiger partial charge is 0.462 e. The number of carbonyl (C=O) groups is 1. The Morgan fingerprint density at radius 2 is 1.72 bits per heavy atom. The van der Waals surface area contributed by atoms with E-state index in [9.17, 15) is 20.1 Å². The summed E-state index contributed by atoms with van der Waals surface area (Å²) in [6, 6.07) is 0. The Labute approximate surface area is 313 Å². The van der Waals surface area contributed by atoms with Crippen LogP contribution in [0.25, 0.3) is 0 Å². The molecule has 0 aromatic carbocycles. The molecule has 3 N–H and O–H groups in total. The maximum absolute atomic E-state index is 13.7. The van der Waals surface area contributed by atoms with E-state index in [2.05, 4.69) is 13.0 Å². The molecule has 6 rings (SSSR count). The Bertz CT molecular complexity index is 1430. The minimum absolute atomic E-state index is 0.0585. The predicted octanol–water partition coefficient (Wildman–Crippen LogP) is 3.43. The summed E-state index contributed by atoms with van der Waals surface area (Å²) in [5.74, 6) is -2.78. The predicted molar refractivity (Wildman–Crippen MR) is 191 cm³/mol. The molecule has 1 aliphatic carbocycles. The van der Waals surface area contributed by atoms with Gasteiger partial charge >= 0.3 is 5.97 Å². The summed E-state index contributed by atoms with van der Waals surface area (Å²) in [4.78, 5) is 13.7. The number of hydrogen-bond acceptors (Lipinski definition) is 13. The molecule has 5 aliphatic heterocycles. The van der Waals surface area contributed by atoms with Crippen LogP contribution in [0.4, 0.5) is 0 Å². The fourth-order valence-electron chi connectivity index (χ4n) is 8.88. The molecule has 0 radical (unpaired) electrons. The molecule has 298 valence electrons. The van der Waals surface area contributed by atoms with Gasteiger partial charge in [-0.05, 0) is 57.8 Å². The highest BCUT2D eigenvalue weighted by Gasteiger charge is 2.59. The lowest BCUT2D eigenvalue weighted by molar-refractivity contribution is -0.350. The molecule has 6 aliphatic rings. The Hall–Kier alpha value is -2.01. The number of carbonyl (C=O) groups excluding carboxylic acids is 1. The van der Waals surface area contributed by atoms with Crippen LogP contribution in [0, 0.1) is 11.8 Å². The first-order valence-corrected chi connectivity index (χ1v) is 19.1. The van der Waals surface area contributed by atoms with Crippen molar-refractivity contribution in [2.75, 3.05) is 27.4 Å². The second-order valence-electron chi connectivity index (χ2n) is 15.9. The number of ether oxygens (including phenoxy) is 9. The minimum Gasteiger partial charge on any atom is -0.462 e. The van der Waals surface area contributed by atoms with Crippen LogP contribution >= 0.6 is 0 Å². The molecule has 13 heteroatoms. The van der Waals surface area contributed by atoms with Gasteiger partial charge in [0.25, 0.3) is 0 Å². The maximum Gasteiger partial charge on any atom is 0.316 e. The van der Waals surface area contributed by atoms with Crippen LogP contribution in [-0.2, 0) is 47.4 Å². The number of fused-ring (bicyclic) bond motifs is 2. The Balaban J connectivity index is 1.25. The fraction of sp³-hybridized carbons (Fsp3) is 0.775. The third-order valence-corrected chi connectivity index (χ3v) is 12.0. The molecule has 2 bridgehead atoms. The minimum atomic E-state index is -1.77. The van der Waals surface area contributed by atoms with Crippen LogP contribution in [0.3, 0.4) is 0 Å². The van der Waals surface area contributed by atoms with Crippen LogP contribution in [0.5, 0.6) is 0 Å². The Morgan fingerprint density at radius 1 is 0.962 bits per heavy atom. The van der Waals surface area contributed by atoms with Crippen molar-refractivity contribution in [1.29, 1.82) is 0 Å². The number of rotatable bonds is 6. The van der Waals surface area contributed by atoms with E-state index in [-0.39, 0.29) is 30.8 Å². The topological polar surface area (TPSA) is 161 Å². The van der Waals surface area contributed by atoms with Crippen molar-refractivity contribution >= 4 is 5.97 Å². The summed E-state index contributed by atoms with van der Waals surface area (Å²) in [7, 11) is 3.22.